The number of hydrogen-bond donors (Lipinski definition) is 1. The average Bonchev–Trinajstić information content (AvgIpc) is 2.81. The quantitative estimate of drug-likeness (QED) is 0.370. The summed E-state index contributed by atoms with van der Waals surface area (Å²) in [5, 5.41) is 3.68. The minimum atomic E-state index is -0.838. The molecule has 0 saturated heterocycles. The topological polar surface area (TPSA) is 49.4 Å². The molecule has 0 saturated carbocycles. The molecular formula is C26H24Cl3FN2O2. The first-order valence-corrected chi connectivity index (χ1v) is 11.9. The number of amides is 2. The van der Waals surface area contributed by atoms with E-state index in [1.807, 2.05) is 37.3 Å². The van der Waals surface area contributed by atoms with E-state index in [4.69, 9.17) is 34.8 Å². The molecule has 0 fully saturated rings. The maximum Gasteiger partial charge on any atom is 0.243 e. The van der Waals surface area contributed by atoms with Crippen LogP contribution in [0.5, 0.6) is 0 Å². The van der Waals surface area contributed by atoms with Gasteiger partial charge in [0.1, 0.15) is 11.9 Å². The molecule has 0 spiro atoms. The first-order chi connectivity index (χ1) is 16.3. The zero-order valence-corrected chi connectivity index (χ0v) is 20.8. The van der Waals surface area contributed by atoms with E-state index in [9.17, 15) is 14.0 Å². The van der Waals surface area contributed by atoms with Crippen LogP contribution in [0.2, 0.25) is 15.1 Å². The van der Waals surface area contributed by atoms with Gasteiger partial charge in [-0.3, -0.25) is 9.59 Å². The molecule has 3 aromatic carbocycles. The molecule has 0 heterocycles. The van der Waals surface area contributed by atoms with E-state index in [2.05, 4.69) is 5.32 Å². The Morgan fingerprint density at radius 2 is 1.65 bits per heavy atom. The summed E-state index contributed by atoms with van der Waals surface area (Å²) in [6, 6.07) is 17.8. The monoisotopic (exact) mass is 520 g/mol. The van der Waals surface area contributed by atoms with Gasteiger partial charge in [-0.15, -0.1) is 0 Å². The molecule has 0 radical (unpaired) electrons. The normalized spacial score (nSPS) is 11.7. The highest BCUT2D eigenvalue weighted by molar-refractivity contribution is 6.42. The van der Waals surface area contributed by atoms with Gasteiger partial charge >= 0.3 is 0 Å². The second-order valence-electron chi connectivity index (χ2n) is 7.75. The van der Waals surface area contributed by atoms with Crippen molar-refractivity contribution in [1.29, 1.82) is 0 Å². The van der Waals surface area contributed by atoms with Crippen LogP contribution in [0, 0.1) is 5.82 Å². The summed E-state index contributed by atoms with van der Waals surface area (Å²) in [5.74, 6) is -1.32. The van der Waals surface area contributed by atoms with Crippen LogP contribution in [0.3, 0.4) is 0 Å². The highest BCUT2D eigenvalue weighted by Gasteiger charge is 2.31. The van der Waals surface area contributed by atoms with E-state index in [0.29, 0.717) is 22.2 Å². The number of likely N-dealkylation sites (N-methyl/N-ethyl adjacent to an activating group) is 1. The van der Waals surface area contributed by atoms with Gasteiger partial charge in [-0.2, -0.15) is 0 Å². The number of nitrogens with one attached hydrogen (secondary N) is 1. The van der Waals surface area contributed by atoms with E-state index < -0.39 is 17.8 Å². The number of hydrogen-bond acceptors (Lipinski definition) is 2. The third-order valence-electron chi connectivity index (χ3n) is 5.35. The van der Waals surface area contributed by atoms with Crippen molar-refractivity contribution in [1.82, 2.24) is 10.2 Å². The van der Waals surface area contributed by atoms with Crippen molar-refractivity contribution in [2.24, 2.45) is 0 Å². The fourth-order valence-corrected chi connectivity index (χ4v) is 4.19. The highest BCUT2D eigenvalue weighted by Crippen LogP contribution is 2.26. The second-order valence-corrected chi connectivity index (χ2v) is 8.97. The van der Waals surface area contributed by atoms with Gasteiger partial charge in [0, 0.05) is 30.1 Å². The van der Waals surface area contributed by atoms with Crippen molar-refractivity contribution in [3.05, 3.63) is 104 Å². The lowest BCUT2D eigenvalue weighted by Gasteiger charge is -2.32. The summed E-state index contributed by atoms with van der Waals surface area (Å²) in [4.78, 5) is 28.2. The second kappa shape index (κ2) is 12.2. The lowest BCUT2D eigenvalue weighted by molar-refractivity contribution is -0.140. The van der Waals surface area contributed by atoms with Crippen molar-refractivity contribution in [3.8, 4) is 0 Å². The Morgan fingerprint density at radius 1 is 0.912 bits per heavy atom. The third kappa shape index (κ3) is 6.72. The Morgan fingerprint density at radius 3 is 2.29 bits per heavy atom. The van der Waals surface area contributed by atoms with Gasteiger partial charge in [-0.1, -0.05) is 77.3 Å². The Hall–Kier alpha value is -2.60. The number of carbonyl (C=O) groups is 2. The molecule has 2 amide bonds. The molecule has 4 nitrogen and oxygen atoms in total. The molecule has 0 aromatic heterocycles. The molecular weight excluding hydrogens is 498 g/mol. The molecule has 0 unspecified atom stereocenters. The van der Waals surface area contributed by atoms with E-state index >= 15 is 0 Å². The zero-order valence-electron chi connectivity index (χ0n) is 18.5. The predicted molar refractivity (Wildman–Crippen MR) is 135 cm³/mol. The number of halogens is 4. The Balaban J connectivity index is 2.01. The van der Waals surface area contributed by atoms with Gasteiger partial charge < -0.3 is 10.2 Å². The summed E-state index contributed by atoms with van der Waals surface area (Å²) in [5.41, 5.74) is 1.65. The van der Waals surface area contributed by atoms with Crippen LogP contribution >= 0.6 is 34.8 Å². The van der Waals surface area contributed by atoms with E-state index in [-0.39, 0.29) is 35.9 Å². The molecule has 0 aliphatic heterocycles. The van der Waals surface area contributed by atoms with Crippen LogP contribution in [0.4, 0.5) is 4.39 Å². The zero-order chi connectivity index (χ0) is 24.7. The molecule has 0 aliphatic carbocycles. The fraction of sp³-hybridized carbons (Fsp3) is 0.231. The van der Waals surface area contributed by atoms with Crippen molar-refractivity contribution >= 4 is 46.6 Å². The van der Waals surface area contributed by atoms with Crippen molar-refractivity contribution in [2.45, 2.75) is 32.4 Å². The van der Waals surface area contributed by atoms with Crippen LogP contribution in [0.1, 0.15) is 23.6 Å². The summed E-state index contributed by atoms with van der Waals surface area (Å²) >= 11 is 18.4. The van der Waals surface area contributed by atoms with Gasteiger partial charge in [0.2, 0.25) is 11.8 Å². The number of rotatable bonds is 9. The Bertz CT molecular complexity index is 1140. The number of nitrogens with zero attached hydrogens (tertiary/aromatic N) is 1. The van der Waals surface area contributed by atoms with E-state index in [1.165, 1.54) is 23.1 Å². The van der Waals surface area contributed by atoms with Gasteiger partial charge in [0.05, 0.1) is 16.5 Å². The van der Waals surface area contributed by atoms with Gasteiger partial charge in [-0.05, 0) is 42.3 Å². The fourth-order valence-electron chi connectivity index (χ4n) is 3.63. The van der Waals surface area contributed by atoms with Crippen LogP contribution in [-0.4, -0.2) is 29.3 Å². The van der Waals surface area contributed by atoms with Crippen LogP contribution in [0.25, 0.3) is 0 Å². The Labute approximate surface area is 213 Å². The molecule has 3 aromatic rings. The molecule has 1 atom stereocenters. The third-order valence-corrected chi connectivity index (χ3v) is 6.44. The predicted octanol–water partition coefficient (Wildman–Crippen LogP) is 6.10. The highest BCUT2D eigenvalue weighted by atomic mass is 35.5. The van der Waals surface area contributed by atoms with Crippen molar-refractivity contribution in [2.75, 3.05) is 6.54 Å². The lowest BCUT2D eigenvalue weighted by Crippen LogP contribution is -2.51. The smallest absolute Gasteiger partial charge is 0.243 e. The van der Waals surface area contributed by atoms with Crippen molar-refractivity contribution < 1.29 is 14.0 Å². The average molecular weight is 522 g/mol. The molecule has 3 rings (SSSR count). The van der Waals surface area contributed by atoms with E-state index in [1.54, 1.807) is 18.2 Å². The minimum Gasteiger partial charge on any atom is -0.355 e. The SMILES string of the molecule is CCNC(=O)[C@@H](Cc1ccccc1)N(Cc1ccc(Cl)c(Cl)c1)C(=O)Cc1c(F)cccc1Cl. The number of carbonyl (C=O) groups excluding carboxylic acids is 2. The standard InChI is InChI=1S/C26H24Cl3FN2O2/c1-2-31-26(34)24(14-17-7-4-3-5-8-17)32(16-18-11-12-21(28)22(29)13-18)25(33)15-19-20(27)9-6-10-23(19)30/h3-13,24H,2,14-16H2,1H3,(H,31,34)/t24-/m1/s1. The molecule has 1 N–H and O–H groups in total. The molecule has 34 heavy (non-hydrogen) atoms. The van der Waals surface area contributed by atoms with Crippen molar-refractivity contribution in [3.63, 3.8) is 0 Å². The molecule has 8 heteroatoms. The lowest BCUT2D eigenvalue weighted by atomic mass is 10.0. The summed E-state index contributed by atoms with van der Waals surface area (Å²) < 4.78 is 14.5. The summed E-state index contributed by atoms with van der Waals surface area (Å²) in [6.07, 6.45) is -0.0116. The minimum absolute atomic E-state index is 0.0798. The maximum absolute atomic E-state index is 14.5. The maximum atomic E-state index is 14.5. The molecule has 0 aliphatic rings. The van der Waals surface area contributed by atoms with Crippen LogP contribution < -0.4 is 5.32 Å². The van der Waals surface area contributed by atoms with Gasteiger partial charge in [-0.25, -0.2) is 4.39 Å². The summed E-state index contributed by atoms with van der Waals surface area (Å²) in [6.45, 7) is 2.29. The molecule has 0 bridgehead atoms. The van der Waals surface area contributed by atoms with Crippen LogP contribution in [-0.2, 0) is 29.0 Å². The largest absolute Gasteiger partial charge is 0.355 e. The van der Waals surface area contributed by atoms with Crippen LogP contribution in [0.15, 0.2) is 66.7 Å². The Kier molecular flexibility index (Phi) is 9.34. The summed E-state index contributed by atoms with van der Waals surface area (Å²) in [7, 11) is 0. The van der Waals surface area contributed by atoms with Gasteiger partial charge in [0.25, 0.3) is 0 Å². The van der Waals surface area contributed by atoms with E-state index in [0.717, 1.165) is 5.56 Å². The first-order valence-electron chi connectivity index (χ1n) is 10.8. The van der Waals surface area contributed by atoms with Gasteiger partial charge in [0.15, 0.2) is 0 Å². The molecule has 178 valence electrons. The first kappa shape index (κ1) is 26.0. The number of benzene rings is 3.